The fourth-order valence-electron chi connectivity index (χ4n) is 1.40. The van der Waals surface area contributed by atoms with Gasteiger partial charge in [0.2, 0.25) is 0 Å². The Hall–Kier alpha value is -0.290. The smallest absolute Gasteiger partial charge is 0.167 e. The van der Waals surface area contributed by atoms with Gasteiger partial charge in [-0.15, -0.1) is 21.8 Å². The van der Waals surface area contributed by atoms with Gasteiger partial charge in [-0.25, -0.2) is 0 Å². The quantitative estimate of drug-likeness (QED) is 0.687. The van der Waals surface area contributed by atoms with Crippen LogP contribution in [0, 0.1) is 5.92 Å². The summed E-state index contributed by atoms with van der Waals surface area (Å²) >= 11 is 8.03. The second kappa shape index (κ2) is 3.84. The molecule has 0 bridgehead atoms. The Balaban J connectivity index is 1.97. The normalized spacial score (nSPS) is 28.2. The second-order valence-corrected chi connectivity index (χ2v) is 4.85. The molecule has 0 spiro atoms. The number of hydrogen-bond donors (Lipinski definition) is 0. The van der Waals surface area contributed by atoms with Crippen molar-refractivity contribution in [2.75, 3.05) is 11.5 Å². The maximum atomic E-state index is 6.13. The number of halogens is 1. The van der Waals surface area contributed by atoms with Crippen molar-refractivity contribution in [3.63, 3.8) is 0 Å². The summed E-state index contributed by atoms with van der Waals surface area (Å²) in [6.07, 6.45) is 0.856. The fraction of sp³-hybridized carbons (Fsp3) is 0.857. The molecule has 0 aliphatic carbocycles. The van der Waals surface area contributed by atoms with Gasteiger partial charge in [0, 0.05) is 17.6 Å². The van der Waals surface area contributed by atoms with Crippen LogP contribution in [0.5, 0.6) is 0 Å². The summed E-state index contributed by atoms with van der Waals surface area (Å²) in [5, 5.41) is 12.1. The topological polar surface area (TPSA) is 43.6 Å². The lowest BCUT2D eigenvalue weighted by Crippen LogP contribution is -2.15. The van der Waals surface area contributed by atoms with E-state index in [1.807, 2.05) is 11.8 Å². The van der Waals surface area contributed by atoms with E-state index in [-0.39, 0.29) is 5.38 Å². The maximum absolute atomic E-state index is 6.13. The number of aromatic nitrogens is 4. The Morgan fingerprint density at radius 3 is 3.00 bits per heavy atom. The fourth-order valence-corrected chi connectivity index (χ4v) is 3.24. The van der Waals surface area contributed by atoms with Crippen molar-refractivity contribution in [3.8, 4) is 0 Å². The lowest BCUT2D eigenvalue weighted by atomic mass is 10.0. The van der Waals surface area contributed by atoms with Crippen molar-refractivity contribution in [2.45, 2.75) is 11.8 Å². The summed E-state index contributed by atoms with van der Waals surface area (Å²) in [6, 6.07) is 0. The van der Waals surface area contributed by atoms with E-state index < -0.39 is 0 Å². The SMILES string of the molecule is Cn1nnc(CC2CSCC2Cl)n1. The van der Waals surface area contributed by atoms with E-state index >= 15 is 0 Å². The number of alkyl halides is 1. The van der Waals surface area contributed by atoms with E-state index in [4.69, 9.17) is 11.6 Å². The summed E-state index contributed by atoms with van der Waals surface area (Å²) in [4.78, 5) is 1.49. The predicted octanol–water partition coefficient (Wildman–Crippen LogP) is 0.723. The van der Waals surface area contributed by atoms with Crippen LogP contribution >= 0.6 is 23.4 Å². The van der Waals surface area contributed by atoms with Crippen molar-refractivity contribution < 1.29 is 0 Å². The van der Waals surface area contributed by atoms with Crippen molar-refractivity contribution in [2.24, 2.45) is 13.0 Å². The molecule has 2 atom stereocenters. The summed E-state index contributed by atoms with van der Waals surface area (Å²) in [7, 11) is 1.78. The van der Waals surface area contributed by atoms with Crippen molar-refractivity contribution >= 4 is 23.4 Å². The number of thioether (sulfide) groups is 1. The van der Waals surface area contributed by atoms with Crippen LogP contribution in [0.2, 0.25) is 0 Å². The zero-order valence-electron chi connectivity index (χ0n) is 7.35. The summed E-state index contributed by atoms with van der Waals surface area (Å²) in [5.74, 6) is 3.48. The Bertz CT molecular complexity index is 290. The highest BCUT2D eigenvalue weighted by atomic mass is 35.5. The average Bonchev–Trinajstić information content (AvgIpc) is 2.64. The summed E-state index contributed by atoms with van der Waals surface area (Å²) in [5.41, 5.74) is 0. The number of nitrogens with zero attached hydrogens (tertiary/aromatic N) is 4. The third kappa shape index (κ3) is 2.14. The van der Waals surface area contributed by atoms with E-state index in [2.05, 4.69) is 15.4 Å². The first-order chi connectivity index (χ1) is 6.25. The molecule has 2 unspecified atom stereocenters. The minimum atomic E-state index is 0.272. The van der Waals surface area contributed by atoms with Crippen LogP contribution in [0.4, 0.5) is 0 Å². The van der Waals surface area contributed by atoms with Gasteiger partial charge in [-0.05, 0) is 16.9 Å². The molecule has 1 saturated heterocycles. The maximum Gasteiger partial charge on any atom is 0.175 e. The number of hydrogen-bond acceptors (Lipinski definition) is 4. The molecule has 0 N–H and O–H groups in total. The van der Waals surface area contributed by atoms with Crippen molar-refractivity contribution in [1.82, 2.24) is 20.2 Å². The first-order valence-corrected chi connectivity index (χ1v) is 5.79. The first kappa shape index (κ1) is 9.27. The van der Waals surface area contributed by atoms with E-state index in [1.54, 1.807) is 7.05 Å². The van der Waals surface area contributed by atoms with Gasteiger partial charge in [0.1, 0.15) is 0 Å². The third-order valence-corrected chi connectivity index (χ3v) is 4.07. The third-order valence-electron chi connectivity index (χ3n) is 2.12. The van der Waals surface area contributed by atoms with Gasteiger partial charge in [-0.3, -0.25) is 0 Å². The molecule has 2 rings (SSSR count). The largest absolute Gasteiger partial charge is 0.175 e. The van der Waals surface area contributed by atoms with Gasteiger partial charge in [-0.1, -0.05) is 0 Å². The number of tetrazole rings is 1. The number of rotatable bonds is 2. The van der Waals surface area contributed by atoms with Gasteiger partial charge in [0.25, 0.3) is 0 Å². The molecule has 1 aromatic heterocycles. The Morgan fingerprint density at radius 2 is 2.46 bits per heavy atom. The molecular formula is C7H11ClN4S. The molecule has 0 amide bonds. The van der Waals surface area contributed by atoms with Crippen LogP contribution in [0.25, 0.3) is 0 Å². The molecule has 0 saturated carbocycles. The van der Waals surface area contributed by atoms with Crippen LogP contribution in [0.15, 0.2) is 0 Å². The van der Waals surface area contributed by atoms with Crippen LogP contribution in [-0.2, 0) is 13.5 Å². The van der Waals surface area contributed by atoms with Gasteiger partial charge < -0.3 is 0 Å². The molecule has 1 aromatic rings. The predicted molar refractivity (Wildman–Crippen MR) is 53.0 cm³/mol. The van der Waals surface area contributed by atoms with E-state index in [0.717, 1.165) is 23.8 Å². The molecule has 0 aromatic carbocycles. The molecule has 13 heavy (non-hydrogen) atoms. The monoisotopic (exact) mass is 218 g/mol. The minimum Gasteiger partial charge on any atom is -0.167 e. The lowest BCUT2D eigenvalue weighted by Gasteiger charge is -2.08. The van der Waals surface area contributed by atoms with Gasteiger partial charge >= 0.3 is 0 Å². The molecule has 1 aliphatic heterocycles. The summed E-state index contributed by atoms with van der Waals surface area (Å²) in [6.45, 7) is 0. The molecule has 72 valence electrons. The van der Waals surface area contributed by atoms with Crippen LogP contribution < -0.4 is 0 Å². The van der Waals surface area contributed by atoms with Crippen LogP contribution in [-0.4, -0.2) is 37.1 Å². The zero-order valence-corrected chi connectivity index (χ0v) is 8.92. The van der Waals surface area contributed by atoms with E-state index in [1.165, 1.54) is 4.80 Å². The first-order valence-electron chi connectivity index (χ1n) is 4.20. The Morgan fingerprint density at radius 1 is 1.62 bits per heavy atom. The molecule has 2 heterocycles. The highest BCUT2D eigenvalue weighted by Gasteiger charge is 2.27. The van der Waals surface area contributed by atoms with E-state index in [0.29, 0.717) is 5.92 Å². The van der Waals surface area contributed by atoms with Gasteiger partial charge in [0.15, 0.2) is 5.82 Å². The Kier molecular flexibility index (Phi) is 2.74. The average molecular weight is 219 g/mol. The molecule has 0 radical (unpaired) electrons. The highest BCUT2D eigenvalue weighted by Crippen LogP contribution is 2.30. The van der Waals surface area contributed by atoms with Crippen molar-refractivity contribution in [1.29, 1.82) is 0 Å². The van der Waals surface area contributed by atoms with Crippen molar-refractivity contribution in [3.05, 3.63) is 5.82 Å². The minimum absolute atomic E-state index is 0.272. The summed E-state index contributed by atoms with van der Waals surface area (Å²) < 4.78 is 0. The molecule has 1 fully saturated rings. The van der Waals surface area contributed by atoms with Gasteiger partial charge in [-0.2, -0.15) is 16.6 Å². The molecule has 6 heteroatoms. The lowest BCUT2D eigenvalue weighted by molar-refractivity contribution is 0.576. The second-order valence-electron chi connectivity index (χ2n) is 3.21. The van der Waals surface area contributed by atoms with E-state index in [9.17, 15) is 0 Å². The van der Waals surface area contributed by atoms with Gasteiger partial charge in [0.05, 0.1) is 7.05 Å². The standard InChI is InChI=1S/C7H11ClN4S/c1-12-10-7(9-11-12)2-5-3-13-4-6(5)8/h5-6H,2-4H2,1H3. The molecular weight excluding hydrogens is 208 g/mol. The van der Waals surface area contributed by atoms with Crippen LogP contribution in [0.3, 0.4) is 0 Å². The highest BCUT2D eigenvalue weighted by molar-refractivity contribution is 7.99. The van der Waals surface area contributed by atoms with Crippen LogP contribution in [0.1, 0.15) is 5.82 Å². The molecule has 4 nitrogen and oxygen atoms in total. The zero-order chi connectivity index (χ0) is 9.26. The number of aryl methyl sites for hydroxylation is 1. The Labute approximate surface area is 86.0 Å². The molecule has 1 aliphatic rings.